The summed E-state index contributed by atoms with van der Waals surface area (Å²) in [5.41, 5.74) is -4.52. The molecule has 0 fully saturated rings. The predicted octanol–water partition coefficient (Wildman–Crippen LogP) is 5.42. The second kappa shape index (κ2) is 9.79. The van der Waals surface area contributed by atoms with Crippen molar-refractivity contribution in [1.29, 1.82) is 0 Å². The molecule has 2 rings (SSSR count). The molecule has 0 saturated heterocycles. The molecule has 0 aliphatic rings. The number of hydrogen-bond acceptors (Lipinski definition) is 3. The molecular formula is C12BF13O3. The lowest BCUT2D eigenvalue weighted by atomic mass is 10.0. The van der Waals surface area contributed by atoms with Crippen molar-refractivity contribution in [2.75, 3.05) is 0 Å². The molecular weight excluding hydrogens is 450 g/mol. The SMILES string of the molecule is FOB(OF)OF.Fc1c(F)c(F)c(-c2c(F)c(F)c(F)c(F)c2F)c(F)c1F. The van der Waals surface area contributed by atoms with Crippen molar-refractivity contribution in [3.05, 3.63) is 58.2 Å². The van der Waals surface area contributed by atoms with E-state index in [4.69, 9.17) is 0 Å². The summed E-state index contributed by atoms with van der Waals surface area (Å²) in [7, 11) is -2.51. The highest BCUT2D eigenvalue weighted by Gasteiger charge is 2.34. The average Bonchev–Trinajstić information content (AvgIpc) is 2.72. The zero-order valence-corrected chi connectivity index (χ0v) is 12.7. The van der Waals surface area contributed by atoms with Crippen LogP contribution < -0.4 is 0 Å². The van der Waals surface area contributed by atoms with Crippen LogP contribution in [0, 0.1) is 58.2 Å². The third-order valence-electron chi connectivity index (χ3n) is 2.89. The smallest absolute Gasteiger partial charge is 0.203 e. The van der Waals surface area contributed by atoms with Gasteiger partial charge in [-0.1, -0.05) is 13.6 Å². The Hall–Kier alpha value is -2.53. The van der Waals surface area contributed by atoms with E-state index < -0.39 is 76.6 Å². The normalized spacial score (nSPS) is 10.7. The molecule has 3 nitrogen and oxygen atoms in total. The summed E-state index contributed by atoms with van der Waals surface area (Å²) >= 11 is 0. The van der Waals surface area contributed by atoms with Crippen molar-refractivity contribution in [3.8, 4) is 11.1 Å². The maximum Gasteiger partial charge on any atom is 0.737 e. The average molecular weight is 450 g/mol. The van der Waals surface area contributed by atoms with Crippen LogP contribution in [0.2, 0.25) is 0 Å². The van der Waals surface area contributed by atoms with Crippen LogP contribution in [0.4, 0.5) is 57.5 Å². The Bertz CT molecular complexity index is 775. The van der Waals surface area contributed by atoms with E-state index in [0.717, 1.165) is 0 Å². The molecule has 0 N–H and O–H groups in total. The van der Waals surface area contributed by atoms with Gasteiger partial charge in [0, 0.05) is 0 Å². The highest BCUT2D eigenvalue weighted by atomic mass is 19.3. The Morgan fingerprint density at radius 1 is 0.345 bits per heavy atom. The number of benzene rings is 2. The fourth-order valence-corrected chi connectivity index (χ4v) is 1.69. The van der Waals surface area contributed by atoms with Gasteiger partial charge >= 0.3 is 7.32 Å². The summed E-state index contributed by atoms with van der Waals surface area (Å²) in [4.78, 5) is 7.06. The molecule has 0 spiro atoms. The van der Waals surface area contributed by atoms with Crippen LogP contribution in [-0.4, -0.2) is 7.32 Å². The van der Waals surface area contributed by atoms with Gasteiger partial charge in [-0.25, -0.2) is 43.9 Å². The van der Waals surface area contributed by atoms with Crippen LogP contribution in [0.25, 0.3) is 11.1 Å². The molecule has 2 aromatic rings. The number of rotatable bonds is 4. The number of hydrogen-bond donors (Lipinski definition) is 0. The largest absolute Gasteiger partial charge is 0.737 e. The Balaban J connectivity index is 0.000000516. The van der Waals surface area contributed by atoms with E-state index in [1.165, 1.54) is 0 Å². The van der Waals surface area contributed by atoms with Crippen LogP contribution in [0.5, 0.6) is 0 Å². The highest BCUT2D eigenvalue weighted by molar-refractivity contribution is 6.35. The van der Waals surface area contributed by atoms with Crippen molar-refractivity contribution in [1.82, 2.24) is 0 Å². The van der Waals surface area contributed by atoms with Gasteiger partial charge in [-0.3, -0.25) is 0 Å². The van der Waals surface area contributed by atoms with Crippen LogP contribution in [0.3, 0.4) is 0 Å². The Morgan fingerprint density at radius 2 is 0.517 bits per heavy atom. The quantitative estimate of drug-likeness (QED) is 0.270. The molecule has 0 bridgehead atoms. The van der Waals surface area contributed by atoms with Crippen LogP contribution in [0.1, 0.15) is 0 Å². The van der Waals surface area contributed by atoms with Gasteiger partial charge in [-0.2, -0.15) is 14.6 Å². The molecule has 2 aromatic carbocycles. The van der Waals surface area contributed by atoms with Crippen molar-refractivity contribution in [3.63, 3.8) is 0 Å². The molecule has 0 aliphatic heterocycles. The third-order valence-corrected chi connectivity index (χ3v) is 2.89. The molecule has 0 aliphatic carbocycles. The van der Waals surface area contributed by atoms with Crippen LogP contribution in [0.15, 0.2) is 0 Å². The molecule has 160 valence electrons. The van der Waals surface area contributed by atoms with Gasteiger partial charge in [0.2, 0.25) is 11.6 Å². The zero-order valence-electron chi connectivity index (χ0n) is 12.7. The minimum atomic E-state index is -2.68. The fourth-order valence-electron chi connectivity index (χ4n) is 1.69. The van der Waals surface area contributed by atoms with Gasteiger partial charge in [-0.05, 0) is 0 Å². The lowest BCUT2D eigenvalue weighted by Gasteiger charge is -2.11. The second-order valence-electron chi connectivity index (χ2n) is 4.45. The molecule has 0 radical (unpaired) electrons. The van der Waals surface area contributed by atoms with Gasteiger partial charge in [0.15, 0.2) is 46.5 Å². The standard InChI is InChI=1S/C12F10.BF3O3/c13-3-1(4(14)8(18)11(21)7(3)17)2-5(15)9(19)12(22)10(20)6(2)16;2-5-1(6-3)7-4. The molecule has 0 atom stereocenters. The first kappa shape index (κ1) is 24.5. The predicted molar refractivity (Wildman–Crippen MR) is 63.8 cm³/mol. The molecule has 0 saturated carbocycles. The fraction of sp³-hybridized carbons (Fsp3) is 0. The minimum Gasteiger partial charge on any atom is -0.203 e. The molecule has 0 amide bonds. The first-order valence-corrected chi connectivity index (χ1v) is 6.31. The lowest BCUT2D eigenvalue weighted by Crippen LogP contribution is -2.15. The molecule has 0 heterocycles. The van der Waals surface area contributed by atoms with Crippen molar-refractivity contribution >= 4 is 7.32 Å². The van der Waals surface area contributed by atoms with Crippen molar-refractivity contribution in [2.45, 2.75) is 0 Å². The molecule has 17 heteroatoms. The second-order valence-corrected chi connectivity index (χ2v) is 4.45. The van der Waals surface area contributed by atoms with E-state index in [0.29, 0.717) is 0 Å². The Labute approximate surface area is 150 Å². The first-order valence-electron chi connectivity index (χ1n) is 6.31. The minimum absolute atomic E-state index is 2.26. The van der Waals surface area contributed by atoms with Gasteiger partial charge in [-0.15, -0.1) is 0 Å². The van der Waals surface area contributed by atoms with Crippen molar-refractivity contribution < 1.29 is 72.1 Å². The van der Waals surface area contributed by atoms with Gasteiger partial charge in [0.05, 0.1) is 11.1 Å². The van der Waals surface area contributed by atoms with E-state index in [1.807, 2.05) is 0 Å². The summed E-state index contributed by atoms with van der Waals surface area (Å²) in [6.45, 7) is 0. The highest BCUT2D eigenvalue weighted by Crippen LogP contribution is 2.37. The molecule has 0 unspecified atom stereocenters. The summed E-state index contributed by atoms with van der Waals surface area (Å²) < 4.78 is 162. The van der Waals surface area contributed by atoms with Crippen molar-refractivity contribution in [2.24, 2.45) is 0 Å². The summed E-state index contributed by atoms with van der Waals surface area (Å²) in [5.74, 6) is -26.6. The van der Waals surface area contributed by atoms with E-state index in [1.54, 1.807) is 0 Å². The van der Waals surface area contributed by atoms with E-state index in [-0.39, 0.29) is 0 Å². The van der Waals surface area contributed by atoms with E-state index >= 15 is 0 Å². The van der Waals surface area contributed by atoms with E-state index in [2.05, 4.69) is 14.6 Å². The van der Waals surface area contributed by atoms with E-state index in [9.17, 15) is 57.5 Å². The Morgan fingerprint density at radius 3 is 0.655 bits per heavy atom. The molecule has 0 aromatic heterocycles. The zero-order chi connectivity index (χ0) is 22.6. The van der Waals surface area contributed by atoms with Crippen LogP contribution in [-0.2, 0) is 14.6 Å². The lowest BCUT2D eigenvalue weighted by molar-refractivity contribution is -0.190. The maximum absolute atomic E-state index is 13.4. The number of halogens is 13. The van der Waals surface area contributed by atoms with Gasteiger partial charge in [0.25, 0.3) is 0 Å². The Kier molecular flexibility index (Phi) is 8.28. The first-order chi connectivity index (χ1) is 13.5. The van der Waals surface area contributed by atoms with Crippen LogP contribution >= 0.6 is 0 Å². The van der Waals surface area contributed by atoms with Gasteiger partial charge in [0.1, 0.15) is 0 Å². The monoisotopic (exact) mass is 450 g/mol. The molecule has 29 heavy (non-hydrogen) atoms. The topological polar surface area (TPSA) is 27.7 Å². The van der Waals surface area contributed by atoms with Gasteiger partial charge < -0.3 is 0 Å². The summed E-state index contributed by atoms with van der Waals surface area (Å²) in [6, 6.07) is 0. The summed E-state index contributed by atoms with van der Waals surface area (Å²) in [6.07, 6.45) is 0. The maximum atomic E-state index is 13.4. The third kappa shape index (κ3) is 4.56. The summed E-state index contributed by atoms with van der Waals surface area (Å²) in [5, 5.41) is 0.